The van der Waals surface area contributed by atoms with E-state index in [1.165, 1.54) is 6.92 Å². The lowest BCUT2D eigenvalue weighted by molar-refractivity contribution is -0.122. The average molecular weight is 541 g/mol. The number of nitrogens with zero attached hydrogens (tertiary/aromatic N) is 1. The summed E-state index contributed by atoms with van der Waals surface area (Å²) in [5.41, 5.74) is 4.75. The molecule has 0 bridgehead atoms. The molecule has 0 radical (unpaired) electrons. The fourth-order valence-electron chi connectivity index (χ4n) is 6.49. The average Bonchev–Trinajstić information content (AvgIpc) is 3.32. The molecular weight excluding hydrogens is 516 g/mol. The Balaban J connectivity index is 1.68. The lowest BCUT2D eigenvalue weighted by atomic mass is 9.64. The molecule has 0 aromatic heterocycles. The van der Waals surface area contributed by atoms with E-state index in [9.17, 15) is 14.4 Å². The maximum absolute atomic E-state index is 14.4. The second-order valence-corrected chi connectivity index (χ2v) is 10.9. The van der Waals surface area contributed by atoms with E-state index in [-0.39, 0.29) is 17.5 Å². The molecule has 0 aliphatic carbocycles. The van der Waals surface area contributed by atoms with E-state index < -0.39 is 23.4 Å². The summed E-state index contributed by atoms with van der Waals surface area (Å²) in [6.07, 6.45) is 2.08. The number of carbonyl (C=O) groups excluding carboxylic acids is 3. The number of para-hydroxylation sites is 1. The van der Waals surface area contributed by atoms with E-state index in [0.29, 0.717) is 11.3 Å². The Morgan fingerprint density at radius 3 is 2.44 bits per heavy atom. The smallest absolute Gasteiger partial charge is 0.238 e. The Labute approximate surface area is 218 Å². The number of carbonyl (C=O) groups is 3. The van der Waals surface area contributed by atoms with Gasteiger partial charge < -0.3 is 10.2 Å². The van der Waals surface area contributed by atoms with E-state index in [4.69, 9.17) is 0 Å². The van der Waals surface area contributed by atoms with Crippen LogP contribution in [0.25, 0.3) is 5.57 Å². The number of benzene rings is 3. The summed E-state index contributed by atoms with van der Waals surface area (Å²) < 4.78 is 0.854. The fraction of sp³-hybridized carbons (Fsp3) is 0.233. The molecule has 3 aliphatic heterocycles. The van der Waals surface area contributed by atoms with Crippen LogP contribution < -0.4 is 10.2 Å². The SMILES string of the molecule is CC(=O)[C@@H]1[C@H](C(=O)c2ccc(Br)cc2)[C@@]2(C(=O)Nc3ccccc32)[C@H]2C=C(C)c3cc(C)ccc3N12. The van der Waals surface area contributed by atoms with Gasteiger partial charge in [-0.2, -0.15) is 0 Å². The molecule has 4 atom stereocenters. The van der Waals surface area contributed by atoms with Crippen LogP contribution >= 0.6 is 15.9 Å². The summed E-state index contributed by atoms with van der Waals surface area (Å²) in [5, 5.41) is 3.05. The van der Waals surface area contributed by atoms with Gasteiger partial charge in [0.25, 0.3) is 0 Å². The quantitative estimate of drug-likeness (QED) is 0.432. The molecule has 3 heterocycles. The number of nitrogens with one attached hydrogen (secondary N) is 1. The number of Topliss-reactive ketones (excluding diaryl/α,β-unsaturated/α-hetero) is 2. The first-order chi connectivity index (χ1) is 17.2. The molecule has 1 saturated heterocycles. The Morgan fingerprint density at radius 2 is 1.72 bits per heavy atom. The third-order valence-electron chi connectivity index (χ3n) is 7.96. The van der Waals surface area contributed by atoms with Crippen LogP contribution in [0, 0.1) is 12.8 Å². The van der Waals surface area contributed by atoms with Crippen LogP contribution in [0.4, 0.5) is 11.4 Å². The molecule has 1 spiro atoms. The summed E-state index contributed by atoms with van der Waals surface area (Å²) in [4.78, 5) is 44.0. The Kier molecular flexibility index (Phi) is 5.09. The van der Waals surface area contributed by atoms with E-state index >= 15 is 0 Å². The number of rotatable bonds is 3. The molecule has 1 fully saturated rings. The van der Waals surface area contributed by atoms with Gasteiger partial charge in [0.2, 0.25) is 5.91 Å². The van der Waals surface area contributed by atoms with Gasteiger partial charge >= 0.3 is 0 Å². The summed E-state index contributed by atoms with van der Waals surface area (Å²) >= 11 is 3.44. The van der Waals surface area contributed by atoms with Crippen molar-refractivity contribution in [2.24, 2.45) is 5.92 Å². The van der Waals surface area contributed by atoms with Gasteiger partial charge in [-0.3, -0.25) is 14.4 Å². The van der Waals surface area contributed by atoms with E-state index in [1.54, 1.807) is 12.1 Å². The van der Waals surface area contributed by atoms with Gasteiger partial charge in [0.05, 0.1) is 18.0 Å². The number of amides is 1. The van der Waals surface area contributed by atoms with Crippen LogP contribution in [0.5, 0.6) is 0 Å². The number of aryl methyl sites for hydroxylation is 1. The van der Waals surface area contributed by atoms with Gasteiger partial charge in [-0.1, -0.05) is 64.0 Å². The zero-order chi connectivity index (χ0) is 25.4. The van der Waals surface area contributed by atoms with Crippen LogP contribution in [0.15, 0.2) is 77.3 Å². The van der Waals surface area contributed by atoms with Crippen LogP contribution in [0.3, 0.4) is 0 Å². The predicted molar refractivity (Wildman–Crippen MR) is 144 cm³/mol. The molecule has 0 unspecified atom stereocenters. The molecule has 3 aliphatic rings. The lowest BCUT2D eigenvalue weighted by Crippen LogP contribution is -2.51. The standard InChI is InChI=1S/C30H25BrN2O3/c1-16-8-13-24-21(14-16)17(2)15-25-30(22-6-4-5-7-23(22)32-29(30)36)26(27(18(3)34)33(24)25)28(35)19-9-11-20(31)12-10-19/h4-15,25-27H,1-3H3,(H,32,36)/t25-,26-,27-,30+/m1/s1. The van der Waals surface area contributed by atoms with E-state index in [1.807, 2.05) is 67.3 Å². The van der Waals surface area contributed by atoms with Gasteiger partial charge in [-0.15, -0.1) is 0 Å². The second-order valence-electron chi connectivity index (χ2n) is 10.00. The topological polar surface area (TPSA) is 66.5 Å². The molecule has 6 rings (SSSR count). The van der Waals surface area contributed by atoms with Crippen molar-refractivity contribution < 1.29 is 14.4 Å². The molecule has 3 aromatic rings. The number of halogens is 1. The molecular formula is C30H25BrN2O3. The summed E-state index contributed by atoms with van der Waals surface area (Å²) in [7, 11) is 0. The van der Waals surface area contributed by atoms with Crippen LogP contribution in [0.2, 0.25) is 0 Å². The molecule has 1 amide bonds. The van der Waals surface area contributed by atoms with E-state index in [2.05, 4.69) is 33.4 Å². The molecule has 36 heavy (non-hydrogen) atoms. The molecule has 180 valence electrons. The van der Waals surface area contributed by atoms with Crippen molar-refractivity contribution in [1.29, 1.82) is 0 Å². The normalized spacial score (nSPS) is 25.7. The Bertz CT molecular complexity index is 1490. The minimum atomic E-state index is -1.25. The number of ketones is 2. The molecule has 3 aromatic carbocycles. The minimum Gasteiger partial charge on any atom is -0.352 e. The Hall–Kier alpha value is -3.51. The lowest BCUT2D eigenvalue weighted by Gasteiger charge is -2.39. The number of hydrogen-bond donors (Lipinski definition) is 1. The first-order valence-corrected chi connectivity index (χ1v) is 12.8. The Morgan fingerprint density at radius 1 is 1.00 bits per heavy atom. The first-order valence-electron chi connectivity index (χ1n) is 12.0. The van der Waals surface area contributed by atoms with Crippen LogP contribution in [0.1, 0.15) is 40.9 Å². The highest BCUT2D eigenvalue weighted by Gasteiger charge is 2.70. The van der Waals surface area contributed by atoms with Gasteiger partial charge in [-0.25, -0.2) is 0 Å². The summed E-state index contributed by atoms with van der Waals surface area (Å²) in [6, 6.07) is 19.5. The zero-order valence-electron chi connectivity index (χ0n) is 20.2. The molecule has 6 heteroatoms. The summed E-state index contributed by atoms with van der Waals surface area (Å²) in [5.74, 6) is -1.48. The summed E-state index contributed by atoms with van der Waals surface area (Å²) in [6.45, 7) is 5.60. The van der Waals surface area contributed by atoms with Crippen molar-refractivity contribution in [3.63, 3.8) is 0 Å². The van der Waals surface area contributed by atoms with Gasteiger partial charge in [-0.05, 0) is 62.2 Å². The zero-order valence-corrected chi connectivity index (χ0v) is 21.8. The highest BCUT2D eigenvalue weighted by Crippen LogP contribution is 2.58. The van der Waals surface area contributed by atoms with Crippen molar-refractivity contribution in [2.45, 2.75) is 38.3 Å². The van der Waals surface area contributed by atoms with Crippen molar-refractivity contribution in [1.82, 2.24) is 0 Å². The molecule has 1 N–H and O–H groups in total. The van der Waals surface area contributed by atoms with E-state index in [0.717, 1.165) is 32.4 Å². The maximum atomic E-state index is 14.4. The number of fused-ring (bicyclic) bond motifs is 6. The third kappa shape index (κ3) is 2.97. The minimum absolute atomic E-state index is 0.135. The predicted octanol–water partition coefficient (Wildman–Crippen LogP) is 5.71. The van der Waals surface area contributed by atoms with Crippen LogP contribution in [-0.2, 0) is 15.0 Å². The monoisotopic (exact) mass is 540 g/mol. The number of hydrogen-bond acceptors (Lipinski definition) is 4. The third-order valence-corrected chi connectivity index (χ3v) is 8.49. The highest BCUT2D eigenvalue weighted by molar-refractivity contribution is 9.10. The number of anilines is 2. The fourth-order valence-corrected chi connectivity index (χ4v) is 6.76. The van der Waals surface area contributed by atoms with Crippen molar-refractivity contribution in [2.75, 3.05) is 10.2 Å². The maximum Gasteiger partial charge on any atom is 0.238 e. The highest BCUT2D eigenvalue weighted by atomic mass is 79.9. The van der Waals surface area contributed by atoms with Crippen molar-refractivity contribution in [3.8, 4) is 0 Å². The number of allylic oxidation sites excluding steroid dienone is 1. The molecule has 0 saturated carbocycles. The largest absolute Gasteiger partial charge is 0.352 e. The second kappa shape index (κ2) is 8.00. The van der Waals surface area contributed by atoms with Crippen LogP contribution in [-0.4, -0.2) is 29.6 Å². The van der Waals surface area contributed by atoms with Gasteiger partial charge in [0.1, 0.15) is 5.41 Å². The molecule has 5 nitrogen and oxygen atoms in total. The van der Waals surface area contributed by atoms with Gasteiger partial charge in [0, 0.05) is 27.0 Å². The van der Waals surface area contributed by atoms with Crippen molar-refractivity contribution >= 4 is 50.4 Å². The first kappa shape index (κ1) is 22.9. The van der Waals surface area contributed by atoms with Crippen molar-refractivity contribution in [3.05, 3.63) is 99.5 Å². The van der Waals surface area contributed by atoms with Gasteiger partial charge in [0.15, 0.2) is 11.6 Å².